The number of rotatable bonds is 9. The highest BCUT2D eigenvalue weighted by atomic mass is 16.6. The molecule has 2 N–H and O–H groups in total. The number of amides is 2. The third-order valence-electron chi connectivity index (χ3n) is 4.50. The molecule has 0 aromatic heterocycles. The normalized spacial score (nSPS) is 11.7. The summed E-state index contributed by atoms with van der Waals surface area (Å²) in [6.07, 6.45) is 0. The van der Waals surface area contributed by atoms with Gasteiger partial charge in [0.1, 0.15) is 5.75 Å². The Labute approximate surface area is 164 Å². The van der Waals surface area contributed by atoms with Crippen LogP contribution in [0.4, 0.5) is 16.2 Å². The van der Waals surface area contributed by atoms with Gasteiger partial charge in [0.05, 0.1) is 18.1 Å². The van der Waals surface area contributed by atoms with E-state index in [2.05, 4.69) is 29.4 Å². The molecule has 2 aromatic rings. The molecule has 8 heteroatoms. The first kappa shape index (κ1) is 21.2. The predicted octanol–water partition coefficient (Wildman–Crippen LogP) is 3.81. The van der Waals surface area contributed by atoms with Crippen LogP contribution in [-0.2, 0) is 0 Å². The Balaban J connectivity index is 2.08. The maximum absolute atomic E-state index is 12.3. The van der Waals surface area contributed by atoms with E-state index in [-0.39, 0.29) is 11.7 Å². The van der Waals surface area contributed by atoms with Crippen LogP contribution in [0.3, 0.4) is 0 Å². The molecule has 0 heterocycles. The molecule has 0 bridgehead atoms. The lowest BCUT2D eigenvalue weighted by atomic mass is 10.0. The van der Waals surface area contributed by atoms with E-state index in [0.29, 0.717) is 12.2 Å². The number of nitro benzene ring substituents is 1. The molecule has 8 nitrogen and oxygen atoms in total. The predicted molar refractivity (Wildman–Crippen MR) is 109 cm³/mol. The maximum atomic E-state index is 12.3. The number of nitrogens with one attached hydrogen (secondary N) is 2. The molecule has 0 spiro atoms. The second kappa shape index (κ2) is 10.3. The van der Waals surface area contributed by atoms with Gasteiger partial charge in [0.15, 0.2) is 0 Å². The van der Waals surface area contributed by atoms with E-state index in [4.69, 9.17) is 4.74 Å². The molecule has 150 valence electrons. The Morgan fingerprint density at radius 2 is 1.89 bits per heavy atom. The number of carbonyl (C=O) groups is 1. The zero-order valence-corrected chi connectivity index (χ0v) is 16.3. The van der Waals surface area contributed by atoms with Crippen molar-refractivity contribution in [3.05, 3.63) is 64.2 Å². The van der Waals surface area contributed by atoms with Crippen LogP contribution in [-0.4, -0.2) is 42.6 Å². The third kappa shape index (κ3) is 5.68. The number of carbonyl (C=O) groups excluding carboxylic acids is 1. The van der Waals surface area contributed by atoms with Gasteiger partial charge in [-0.1, -0.05) is 32.0 Å². The van der Waals surface area contributed by atoms with Crippen molar-refractivity contribution in [3.63, 3.8) is 0 Å². The number of hydrogen-bond donors (Lipinski definition) is 2. The first-order chi connectivity index (χ1) is 13.5. The number of nitro groups is 1. The number of nitrogens with zero attached hydrogens (tertiary/aromatic N) is 2. The standard InChI is InChI=1S/C20H26N4O4/c1-4-23(5-2)19(15-8-6-11-18(12-15)28-3)14-21-20(25)22-16-9-7-10-17(13-16)24(26)27/h6-13,19H,4-5,14H2,1-3H3,(H2,21,22,25). The SMILES string of the molecule is CCN(CC)C(CNC(=O)Nc1cccc([N+](=O)[O-])c1)c1cccc(OC)c1. The summed E-state index contributed by atoms with van der Waals surface area (Å²) in [4.78, 5) is 24.9. The highest BCUT2D eigenvalue weighted by molar-refractivity contribution is 5.89. The Kier molecular flexibility index (Phi) is 7.76. The Morgan fingerprint density at radius 1 is 1.18 bits per heavy atom. The van der Waals surface area contributed by atoms with Crippen molar-refractivity contribution in [1.82, 2.24) is 10.2 Å². The summed E-state index contributed by atoms with van der Waals surface area (Å²) >= 11 is 0. The van der Waals surface area contributed by atoms with Crippen molar-refractivity contribution in [2.24, 2.45) is 0 Å². The molecule has 0 saturated heterocycles. The lowest BCUT2D eigenvalue weighted by molar-refractivity contribution is -0.384. The van der Waals surface area contributed by atoms with Crippen molar-refractivity contribution < 1.29 is 14.5 Å². The molecule has 0 fully saturated rings. The minimum absolute atomic E-state index is 0.0269. The van der Waals surface area contributed by atoms with Crippen molar-refractivity contribution in [3.8, 4) is 5.75 Å². The average Bonchev–Trinajstić information content (AvgIpc) is 2.71. The Morgan fingerprint density at radius 3 is 2.54 bits per heavy atom. The monoisotopic (exact) mass is 386 g/mol. The smallest absolute Gasteiger partial charge is 0.319 e. The van der Waals surface area contributed by atoms with Gasteiger partial charge in [-0.05, 0) is 36.9 Å². The minimum Gasteiger partial charge on any atom is -0.497 e. The topological polar surface area (TPSA) is 96.7 Å². The summed E-state index contributed by atoms with van der Waals surface area (Å²) in [5.74, 6) is 0.760. The van der Waals surface area contributed by atoms with E-state index in [1.807, 2.05) is 24.3 Å². The van der Waals surface area contributed by atoms with Crippen LogP contribution in [0.2, 0.25) is 0 Å². The van der Waals surface area contributed by atoms with E-state index >= 15 is 0 Å². The second-order valence-corrected chi connectivity index (χ2v) is 6.16. The van der Waals surface area contributed by atoms with Gasteiger partial charge in [-0.2, -0.15) is 0 Å². The average molecular weight is 386 g/mol. The summed E-state index contributed by atoms with van der Waals surface area (Å²) in [5, 5.41) is 16.4. The van der Waals surface area contributed by atoms with E-state index in [1.165, 1.54) is 18.2 Å². The molecule has 1 unspecified atom stereocenters. The van der Waals surface area contributed by atoms with Crippen molar-refractivity contribution in [2.75, 3.05) is 32.1 Å². The lowest BCUT2D eigenvalue weighted by Crippen LogP contribution is -2.39. The molecule has 28 heavy (non-hydrogen) atoms. The van der Waals surface area contributed by atoms with E-state index < -0.39 is 11.0 Å². The van der Waals surface area contributed by atoms with Gasteiger partial charge in [-0.15, -0.1) is 0 Å². The summed E-state index contributed by atoms with van der Waals surface area (Å²) in [6, 6.07) is 13.2. The number of urea groups is 1. The highest BCUT2D eigenvalue weighted by Gasteiger charge is 2.19. The number of anilines is 1. The molecular weight excluding hydrogens is 360 g/mol. The van der Waals surface area contributed by atoms with Crippen LogP contribution < -0.4 is 15.4 Å². The fraction of sp³-hybridized carbons (Fsp3) is 0.350. The first-order valence-electron chi connectivity index (χ1n) is 9.15. The van der Waals surface area contributed by atoms with Crippen LogP contribution in [0.25, 0.3) is 0 Å². The summed E-state index contributed by atoms with van der Waals surface area (Å²) < 4.78 is 5.31. The van der Waals surface area contributed by atoms with Gasteiger partial charge in [-0.3, -0.25) is 15.0 Å². The molecule has 2 aromatic carbocycles. The zero-order chi connectivity index (χ0) is 20.5. The van der Waals surface area contributed by atoms with E-state index in [9.17, 15) is 14.9 Å². The van der Waals surface area contributed by atoms with Crippen LogP contribution in [0.5, 0.6) is 5.75 Å². The third-order valence-corrected chi connectivity index (χ3v) is 4.50. The van der Waals surface area contributed by atoms with Crippen LogP contribution in [0, 0.1) is 10.1 Å². The summed E-state index contributed by atoms with van der Waals surface area (Å²) in [6.45, 7) is 6.18. The molecule has 0 aliphatic heterocycles. The van der Waals surface area contributed by atoms with Gasteiger partial charge in [0, 0.05) is 24.4 Å². The Hall–Kier alpha value is -3.13. The van der Waals surface area contributed by atoms with Crippen molar-refractivity contribution in [1.29, 1.82) is 0 Å². The first-order valence-corrected chi connectivity index (χ1v) is 9.15. The van der Waals surface area contributed by atoms with Gasteiger partial charge < -0.3 is 15.4 Å². The summed E-state index contributed by atoms with van der Waals surface area (Å²) in [7, 11) is 1.62. The Bertz CT molecular complexity index is 808. The summed E-state index contributed by atoms with van der Waals surface area (Å²) in [5.41, 5.74) is 1.33. The number of methoxy groups -OCH3 is 1. The fourth-order valence-corrected chi connectivity index (χ4v) is 3.03. The minimum atomic E-state index is -0.498. The van der Waals surface area contributed by atoms with E-state index in [0.717, 1.165) is 24.4 Å². The largest absolute Gasteiger partial charge is 0.497 e. The number of likely N-dealkylation sites (N-methyl/N-ethyl adjacent to an activating group) is 1. The maximum Gasteiger partial charge on any atom is 0.319 e. The molecule has 0 radical (unpaired) electrons. The quantitative estimate of drug-likeness (QED) is 0.505. The van der Waals surface area contributed by atoms with Gasteiger partial charge in [0.25, 0.3) is 5.69 Å². The van der Waals surface area contributed by atoms with Crippen LogP contribution in [0.15, 0.2) is 48.5 Å². The number of hydrogen-bond acceptors (Lipinski definition) is 5. The molecule has 0 aliphatic rings. The van der Waals surface area contributed by atoms with Crippen LogP contribution >= 0.6 is 0 Å². The van der Waals surface area contributed by atoms with Gasteiger partial charge in [-0.25, -0.2) is 4.79 Å². The number of non-ortho nitro benzene ring substituents is 1. The number of benzene rings is 2. The molecule has 2 rings (SSSR count). The van der Waals surface area contributed by atoms with Crippen LogP contribution in [0.1, 0.15) is 25.5 Å². The molecule has 0 saturated carbocycles. The van der Waals surface area contributed by atoms with Gasteiger partial charge in [0.2, 0.25) is 0 Å². The lowest BCUT2D eigenvalue weighted by Gasteiger charge is -2.30. The molecule has 0 aliphatic carbocycles. The fourth-order valence-electron chi connectivity index (χ4n) is 3.03. The highest BCUT2D eigenvalue weighted by Crippen LogP contribution is 2.24. The van der Waals surface area contributed by atoms with Crippen molar-refractivity contribution >= 4 is 17.4 Å². The zero-order valence-electron chi connectivity index (χ0n) is 16.3. The van der Waals surface area contributed by atoms with E-state index in [1.54, 1.807) is 13.2 Å². The second-order valence-electron chi connectivity index (χ2n) is 6.16. The number of ether oxygens (including phenoxy) is 1. The molecule has 1 atom stereocenters. The molecule has 2 amide bonds. The molecular formula is C20H26N4O4. The van der Waals surface area contributed by atoms with Crippen molar-refractivity contribution in [2.45, 2.75) is 19.9 Å². The van der Waals surface area contributed by atoms with Gasteiger partial charge >= 0.3 is 6.03 Å².